The molecule has 0 saturated carbocycles. The van der Waals surface area contributed by atoms with Gasteiger partial charge in [0.05, 0.1) is 22.1 Å². The Morgan fingerprint density at radius 2 is 0.848 bits per heavy atom. The molecule has 8 aromatic rings. The molecule has 8 rings (SSSR count). The third kappa shape index (κ3) is 5.05. The van der Waals surface area contributed by atoms with Gasteiger partial charge in [-0.1, -0.05) is 48.5 Å². The SMILES string of the molecule is N=C(N)c1ccc2[nH]c(-c3ccc(-c4ccc(-c5ccc(-c6ccc(-c7nc8cc(C(=N)N)ccc8[nH]7)cc6)s5)s4)cc3)nc2c1. The number of thiophene rings is 2. The number of hydrogen-bond donors (Lipinski definition) is 6. The fraction of sp³-hybridized carbons (Fsp3) is 0. The van der Waals surface area contributed by atoms with E-state index >= 15 is 0 Å². The average molecular weight is 635 g/mol. The molecular formula is C36H26N8S2. The molecule has 0 atom stereocenters. The lowest BCUT2D eigenvalue weighted by Crippen LogP contribution is -2.10. The van der Waals surface area contributed by atoms with Crippen LogP contribution in [0.25, 0.3) is 75.5 Å². The van der Waals surface area contributed by atoms with E-state index in [1.807, 2.05) is 36.4 Å². The van der Waals surface area contributed by atoms with E-state index in [1.165, 1.54) is 19.5 Å². The summed E-state index contributed by atoms with van der Waals surface area (Å²) in [5, 5.41) is 15.4. The van der Waals surface area contributed by atoms with Gasteiger partial charge in [-0.25, -0.2) is 9.97 Å². The van der Waals surface area contributed by atoms with Crippen molar-refractivity contribution in [2.24, 2.45) is 11.5 Å². The number of hydrogen-bond acceptors (Lipinski definition) is 6. The standard InChI is InChI=1S/C36H26N8S2/c37-33(38)23-9-11-25-27(17-23)43-35(41-25)21-5-1-19(2-6-21)29-13-15-31(45-29)32-16-14-30(46-32)20-3-7-22(8-4-20)36-42-26-12-10-24(34(39)40)18-28(26)44-36/h1-18H,(H3,37,38)(H3,39,40)(H,41,43)(H,42,44). The summed E-state index contributed by atoms with van der Waals surface area (Å²) in [6.45, 7) is 0. The Hall–Kier alpha value is -5.84. The summed E-state index contributed by atoms with van der Waals surface area (Å²) >= 11 is 3.57. The summed E-state index contributed by atoms with van der Waals surface area (Å²) in [7, 11) is 0. The minimum absolute atomic E-state index is 0.0332. The van der Waals surface area contributed by atoms with Crippen LogP contribution in [0, 0.1) is 10.8 Å². The number of aromatic amines is 2. The summed E-state index contributed by atoms with van der Waals surface area (Å²) in [5.74, 6) is 1.64. The molecular weight excluding hydrogens is 609 g/mol. The van der Waals surface area contributed by atoms with Gasteiger partial charge in [-0.05, 0) is 71.8 Å². The number of nitrogens with zero attached hydrogens (tertiary/aromatic N) is 2. The van der Waals surface area contributed by atoms with Crippen LogP contribution in [0.15, 0.2) is 109 Å². The zero-order valence-electron chi connectivity index (χ0n) is 24.3. The van der Waals surface area contributed by atoms with Gasteiger partial charge < -0.3 is 21.4 Å². The van der Waals surface area contributed by atoms with Crippen LogP contribution in [0.3, 0.4) is 0 Å². The fourth-order valence-electron chi connectivity index (χ4n) is 5.46. The molecule has 4 aromatic carbocycles. The van der Waals surface area contributed by atoms with Crippen LogP contribution in [0.4, 0.5) is 0 Å². The van der Waals surface area contributed by atoms with Crippen molar-refractivity contribution in [3.05, 3.63) is 120 Å². The molecule has 46 heavy (non-hydrogen) atoms. The average Bonchev–Trinajstić information content (AvgIpc) is 3.89. The van der Waals surface area contributed by atoms with E-state index in [9.17, 15) is 0 Å². The molecule has 0 amide bonds. The Balaban J connectivity index is 0.986. The van der Waals surface area contributed by atoms with E-state index in [0.29, 0.717) is 11.1 Å². The highest BCUT2D eigenvalue weighted by atomic mass is 32.1. The van der Waals surface area contributed by atoms with Crippen molar-refractivity contribution in [3.63, 3.8) is 0 Å². The van der Waals surface area contributed by atoms with Crippen LogP contribution in [-0.4, -0.2) is 31.6 Å². The van der Waals surface area contributed by atoms with E-state index in [2.05, 4.69) is 82.8 Å². The van der Waals surface area contributed by atoms with Crippen LogP contribution < -0.4 is 11.5 Å². The molecule has 0 radical (unpaired) electrons. The van der Waals surface area contributed by atoms with Gasteiger partial charge in [0.2, 0.25) is 0 Å². The second kappa shape index (κ2) is 11.0. The first-order valence-electron chi connectivity index (χ1n) is 14.5. The molecule has 0 aliphatic carbocycles. The van der Waals surface area contributed by atoms with Gasteiger partial charge in [0, 0.05) is 41.8 Å². The van der Waals surface area contributed by atoms with Crippen molar-refractivity contribution in [1.29, 1.82) is 10.8 Å². The second-order valence-corrected chi connectivity index (χ2v) is 13.1. The molecule has 4 heterocycles. The Kier molecular flexibility index (Phi) is 6.59. The number of imidazole rings is 2. The number of nitrogens with one attached hydrogen (secondary N) is 4. The number of fused-ring (bicyclic) bond motifs is 2. The number of aromatic nitrogens is 4. The molecule has 0 saturated heterocycles. The van der Waals surface area contributed by atoms with E-state index in [4.69, 9.17) is 32.3 Å². The molecule has 0 aliphatic heterocycles. The quantitative estimate of drug-likeness (QED) is 0.0768. The predicted octanol–water partition coefficient (Wildman–Crippen LogP) is 8.47. The molecule has 10 heteroatoms. The van der Waals surface area contributed by atoms with Crippen molar-refractivity contribution in [2.45, 2.75) is 0 Å². The van der Waals surface area contributed by atoms with Crippen molar-refractivity contribution in [3.8, 4) is 53.4 Å². The van der Waals surface area contributed by atoms with Gasteiger partial charge in [0.25, 0.3) is 0 Å². The van der Waals surface area contributed by atoms with Crippen molar-refractivity contribution in [2.75, 3.05) is 0 Å². The smallest absolute Gasteiger partial charge is 0.138 e. The minimum atomic E-state index is 0.0332. The number of nitrogens with two attached hydrogens (primary N) is 2. The van der Waals surface area contributed by atoms with E-state index < -0.39 is 0 Å². The fourth-order valence-corrected chi connectivity index (χ4v) is 7.57. The molecule has 0 fully saturated rings. The summed E-state index contributed by atoms with van der Waals surface area (Å²) in [6.07, 6.45) is 0. The van der Waals surface area contributed by atoms with Gasteiger partial charge >= 0.3 is 0 Å². The van der Waals surface area contributed by atoms with Gasteiger partial charge in [-0.15, -0.1) is 22.7 Å². The Morgan fingerprint density at radius 3 is 1.24 bits per heavy atom. The summed E-state index contributed by atoms with van der Waals surface area (Å²) < 4.78 is 0. The number of benzene rings is 4. The highest BCUT2D eigenvalue weighted by Gasteiger charge is 2.12. The highest BCUT2D eigenvalue weighted by molar-refractivity contribution is 7.25. The number of nitrogen functional groups attached to an aromatic ring is 2. The van der Waals surface area contributed by atoms with Crippen LogP contribution in [0.5, 0.6) is 0 Å². The molecule has 222 valence electrons. The maximum Gasteiger partial charge on any atom is 0.138 e. The van der Waals surface area contributed by atoms with Crippen LogP contribution in [0.2, 0.25) is 0 Å². The van der Waals surface area contributed by atoms with E-state index in [1.54, 1.807) is 22.7 Å². The van der Waals surface area contributed by atoms with Gasteiger partial charge in [0.15, 0.2) is 0 Å². The second-order valence-electron chi connectivity index (χ2n) is 10.9. The maximum absolute atomic E-state index is 7.68. The van der Waals surface area contributed by atoms with E-state index in [-0.39, 0.29) is 11.7 Å². The zero-order valence-corrected chi connectivity index (χ0v) is 25.9. The summed E-state index contributed by atoms with van der Waals surface area (Å²) in [5.41, 5.74) is 20.3. The lowest BCUT2D eigenvalue weighted by Gasteiger charge is -2.01. The lowest BCUT2D eigenvalue weighted by atomic mass is 10.1. The largest absolute Gasteiger partial charge is 0.384 e. The monoisotopic (exact) mass is 634 g/mol. The number of amidine groups is 2. The third-order valence-electron chi connectivity index (χ3n) is 7.93. The topological polar surface area (TPSA) is 157 Å². The Morgan fingerprint density at radius 1 is 0.478 bits per heavy atom. The first-order chi connectivity index (χ1) is 22.4. The van der Waals surface area contributed by atoms with Crippen molar-refractivity contribution in [1.82, 2.24) is 19.9 Å². The lowest BCUT2D eigenvalue weighted by molar-refractivity contribution is 1.34. The van der Waals surface area contributed by atoms with Gasteiger partial charge in [0.1, 0.15) is 23.3 Å². The first-order valence-corrected chi connectivity index (χ1v) is 16.1. The molecule has 8 nitrogen and oxygen atoms in total. The van der Waals surface area contributed by atoms with Gasteiger partial charge in [-0.3, -0.25) is 10.8 Å². The van der Waals surface area contributed by atoms with Crippen LogP contribution in [0.1, 0.15) is 11.1 Å². The molecule has 0 spiro atoms. The van der Waals surface area contributed by atoms with Crippen LogP contribution in [-0.2, 0) is 0 Å². The normalized spacial score (nSPS) is 11.4. The number of rotatable bonds is 7. The number of H-pyrrole nitrogens is 2. The molecule has 0 bridgehead atoms. The highest BCUT2D eigenvalue weighted by Crippen LogP contribution is 2.41. The molecule has 8 N–H and O–H groups in total. The van der Waals surface area contributed by atoms with E-state index in [0.717, 1.165) is 56.0 Å². The van der Waals surface area contributed by atoms with Crippen molar-refractivity contribution >= 4 is 56.4 Å². The maximum atomic E-state index is 7.68. The third-order valence-corrected chi connectivity index (χ3v) is 10.4. The van der Waals surface area contributed by atoms with Crippen LogP contribution >= 0.6 is 22.7 Å². The molecule has 4 aromatic heterocycles. The van der Waals surface area contributed by atoms with Gasteiger partial charge in [-0.2, -0.15) is 0 Å². The summed E-state index contributed by atoms with van der Waals surface area (Å²) in [6, 6.07) is 36.7. The molecule has 0 unspecified atom stereocenters. The zero-order chi connectivity index (χ0) is 31.4. The minimum Gasteiger partial charge on any atom is -0.384 e. The summed E-state index contributed by atoms with van der Waals surface area (Å²) in [4.78, 5) is 21.1. The Bertz CT molecular complexity index is 2250. The first kappa shape index (κ1) is 27.7. The Labute approximate surface area is 271 Å². The molecule has 0 aliphatic rings. The van der Waals surface area contributed by atoms with Crippen molar-refractivity contribution < 1.29 is 0 Å². The predicted molar refractivity (Wildman–Crippen MR) is 191 cm³/mol.